The monoisotopic (exact) mass is 268 g/mol. The molecule has 0 aromatic carbocycles. The first-order valence-corrected chi connectivity index (χ1v) is 5.93. The molecule has 1 aromatic rings. The van der Waals surface area contributed by atoms with E-state index < -0.39 is 4.92 Å². The molecule has 2 heterocycles. The molecule has 0 saturated carbocycles. The second-order valence-electron chi connectivity index (χ2n) is 4.51. The number of nitrogens with two attached hydrogens (primary N) is 1. The molecule has 9 heteroatoms. The molecule has 4 N–H and O–H groups in total. The fourth-order valence-electron chi connectivity index (χ4n) is 2.40. The topological polar surface area (TPSA) is 130 Å². The molecule has 0 amide bonds. The molecule has 9 nitrogen and oxygen atoms in total. The number of aromatic nitrogens is 2. The van der Waals surface area contributed by atoms with Gasteiger partial charge in [-0.2, -0.15) is 0 Å². The molecule has 2 rings (SSSR count). The van der Waals surface area contributed by atoms with Crippen LogP contribution in [0.4, 0.5) is 17.3 Å². The van der Waals surface area contributed by atoms with Crippen LogP contribution >= 0.6 is 0 Å². The van der Waals surface area contributed by atoms with Crippen LogP contribution in [0, 0.1) is 16.0 Å². The average Bonchev–Trinajstić information content (AvgIpc) is 2.78. The van der Waals surface area contributed by atoms with Crippen LogP contribution in [0.3, 0.4) is 0 Å². The fourth-order valence-corrected chi connectivity index (χ4v) is 2.40. The third-order valence-corrected chi connectivity index (χ3v) is 3.46. The second-order valence-corrected chi connectivity index (χ2v) is 4.51. The van der Waals surface area contributed by atoms with E-state index >= 15 is 0 Å². The lowest BCUT2D eigenvalue weighted by Gasteiger charge is -2.25. The summed E-state index contributed by atoms with van der Waals surface area (Å²) in [6.45, 7) is 2.53. The standard InChI is InChI=1S/C10H16N6O3/c1-6-2-3-15(7(6)4-17)10-8(16(18)19)9(14-11)12-5-13-10/h5-7,17H,2-4,11H2,1H3,(H,12,13,14). The van der Waals surface area contributed by atoms with Crippen LogP contribution in [0.25, 0.3) is 0 Å². The van der Waals surface area contributed by atoms with Crippen LogP contribution in [0.1, 0.15) is 13.3 Å². The minimum Gasteiger partial charge on any atom is -0.394 e. The third-order valence-electron chi connectivity index (χ3n) is 3.46. The highest BCUT2D eigenvalue weighted by Crippen LogP contribution is 2.36. The Morgan fingerprint density at radius 3 is 3.00 bits per heavy atom. The van der Waals surface area contributed by atoms with Crippen molar-refractivity contribution in [2.24, 2.45) is 11.8 Å². The van der Waals surface area contributed by atoms with E-state index in [0.29, 0.717) is 6.54 Å². The molecule has 1 aromatic heterocycles. The zero-order valence-corrected chi connectivity index (χ0v) is 10.5. The summed E-state index contributed by atoms with van der Waals surface area (Å²) in [5, 5.41) is 20.6. The molecule has 0 aliphatic carbocycles. The van der Waals surface area contributed by atoms with Gasteiger partial charge >= 0.3 is 5.69 Å². The van der Waals surface area contributed by atoms with Crippen LogP contribution in [-0.2, 0) is 0 Å². The Morgan fingerprint density at radius 1 is 1.68 bits per heavy atom. The summed E-state index contributed by atoms with van der Waals surface area (Å²) >= 11 is 0. The number of anilines is 2. The Kier molecular flexibility index (Phi) is 3.76. The van der Waals surface area contributed by atoms with E-state index in [4.69, 9.17) is 5.84 Å². The molecule has 1 aliphatic rings. The SMILES string of the molecule is CC1CCN(c2ncnc(NN)c2[N+](=O)[O-])C1CO. The maximum Gasteiger partial charge on any atom is 0.354 e. The average molecular weight is 268 g/mol. The van der Waals surface area contributed by atoms with Crippen molar-refractivity contribution in [1.82, 2.24) is 9.97 Å². The molecule has 19 heavy (non-hydrogen) atoms. The fraction of sp³-hybridized carbons (Fsp3) is 0.600. The normalized spacial score (nSPS) is 22.6. The third kappa shape index (κ3) is 2.29. The Labute approximate surface area is 109 Å². The van der Waals surface area contributed by atoms with Gasteiger partial charge in [-0.3, -0.25) is 10.1 Å². The highest BCUT2D eigenvalue weighted by Gasteiger charge is 2.36. The number of hydrazine groups is 1. The quantitative estimate of drug-likeness (QED) is 0.391. The van der Waals surface area contributed by atoms with Crippen molar-refractivity contribution in [1.29, 1.82) is 0 Å². The van der Waals surface area contributed by atoms with Crippen molar-refractivity contribution in [2.45, 2.75) is 19.4 Å². The summed E-state index contributed by atoms with van der Waals surface area (Å²) in [6, 6.07) is -0.181. The number of hydrogen-bond donors (Lipinski definition) is 3. The molecule has 1 saturated heterocycles. The molecular weight excluding hydrogens is 252 g/mol. The smallest absolute Gasteiger partial charge is 0.354 e. The largest absolute Gasteiger partial charge is 0.394 e. The van der Waals surface area contributed by atoms with Crippen molar-refractivity contribution in [3.63, 3.8) is 0 Å². The Bertz CT molecular complexity index is 482. The lowest BCUT2D eigenvalue weighted by molar-refractivity contribution is -0.383. The number of aliphatic hydroxyl groups is 1. The highest BCUT2D eigenvalue weighted by molar-refractivity contribution is 5.70. The van der Waals surface area contributed by atoms with Gasteiger partial charge in [0.1, 0.15) is 6.33 Å². The van der Waals surface area contributed by atoms with Crippen molar-refractivity contribution in [3.05, 3.63) is 16.4 Å². The van der Waals surface area contributed by atoms with Crippen LogP contribution in [-0.4, -0.2) is 39.2 Å². The summed E-state index contributed by atoms with van der Waals surface area (Å²) in [5.41, 5.74) is 1.94. The van der Waals surface area contributed by atoms with Gasteiger partial charge in [-0.25, -0.2) is 15.8 Å². The molecule has 1 fully saturated rings. The first kappa shape index (κ1) is 13.4. The van der Waals surface area contributed by atoms with Gasteiger partial charge in [0.15, 0.2) is 0 Å². The minimum atomic E-state index is -0.568. The van der Waals surface area contributed by atoms with Gasteiger partial charge in [-0.1, -0.05) is 6.92 Å². The molecule has 1 aliphatic heterocycles. The molecule has 0 bridgehead atoms. The van der Waals surface area contributed by atoms with Crippen LogP contribution in [0.15, 0.2) is 6.33 Å². The van der Waals surface area contributed by atoms with Gasteiger partial charge < -0.3 is 15.4 Å². The number of nitrogens with zero attached hydrogens (tertiary/aromatic N) is 4. The van der Waals surface area contributed by atoms with Crippen molar-refractivity contribution in [2.75, 3.05) is 23.5 Å². The Balaban J connectivity index is 2.47. The highest BCUT2D eigenvalue weighted by atomic mass is 16.6. The number of nitro groups is 1. The molecule has 0 spiro atoms. The predicted molar refractivity (Wildman–Crippen MR) is 68.5 cm³/mol. The van der Waals surface area contributed by atoms with Crippen LogP contribution < -0.4 is 16.2 Å². The van der Waals surface area contributed by atoms with E-state index in [9.17, 15) is 15.2 Å². The molecule has 2 atom stereocenters. The zero-order valence-electron chi connectivity index (χ0n) is 10.5. The number of aliphatic hydroxyl groups excluding tert-OH is 1. The molecule has 0 radical (unpaired) electrons. The summed E-state index contributed by atoms with van der Waals surface area (Å²) < 4.78 is 0. The van der Waals surface area contributed by atoms with E-state index in [1.54, 1.807) is 4.90 Å². The maximum atomic E-state index is 11.2. The van der Waals surface area contributed by atoms with Crippen molar-refractivity contribution < 1.29 is 10.0 Å². The first-order valence-electron chi connectivity index (χ1n) is 5.93. The molecule has 2 unspecified atom stereocenters. The zero-order chi connectivity index (χ0) is 14.0. The minimum absolute atomic E-state index is 0.0359. The van der Waals surface area contributed by atoms with Gasteiger partial charge in [0.2, 0.25) is 11.6 Å². The van der Waals surface area contributed by atoms with E-state index in [1.807, 2.05) is 6.92 Å². The van der Waals surface area contributed by atoms with Gasteiger partial charge in [0, 0.05) is 6.54 Å². The number of hydrogen-bond acceptors (Lipinski definition) is 8. The maximum absolute atomic E-state index is 11.2. The van der Waals surface area contributed by atoms with Gasteiger partial charge in [-0.05, 0) is 12.3 Å². The van der Waals surface area contributed by atoms with Crippen LogP contribution in [0.2, 0.25) is 0 Å². The van der Waals surface area contributed by atoms with E-state index in [1.165, 1.54) is 6.33 Å². The van der Waals surface area contributed by atoms with Crippen molar-refractivity contribution in [3.8, 4) is 0 Å². The lowest BCUT2D eigenvalue weighted by Crippen LogP contribution is -2.36. The number of nitrogens with one attached hydrogen (secondary N) is 1. The first-order chi connectivity index (χ1) is 9.10. The van der Waals surface area contributed by atoms with Gasteiger partial charge in [-0.15, -0.1) is 0 Å². The van der Waals surface area contributed by atoms with Crippen molar-refractivity contribution >= 4 is 17.3 Å². The van der Waals surface area contributed by atoms with Gasteiger partial charge in [0.05, 0.1) is 17.6 Å². The number of rotatable bonds is 4. The Morgan fingerprint density at radius 2 is 2.42 bits per heavy atom. The summed E-state index contributed by atoms with van der Waals surface area (Å²) in [5.74, 6) is 5.64. The lowest BCUT2D eigenvalue weighted by atomic mass is 10.0. The van der Waals surface area contributed by atoms with E-state index in [-0.39, 0.29) is 35.9 Å². The summed E-state index contributed by atoms with van der Waals surface area (Å²) in [6.07, 6.45) is 2.06. The summed E-state index contributed by atoms with van der Waals surface area (Å²) in [7, 11) is 0. The second kappa shape index (κ2) is 5.33. The van der Waals surface area contributed by atoms with E-state index in [0.717, 1.165) is 6.42 Å². The molecule has 104 valence electrons. The Hall–Kier alpha value is -2.00. The van der Waals surface area contributed by atoms with Gasteiger partial charge in [0.25, 0.3) is 0 Å². The number of nitrogen functional groups attached to an aromatic ring is 1. The van der Waals surface area contributed by atoms with E-state index in [2.05, 4.69) is 15.4 Å². The predicted octanol–water partition coefficient (Wildman–Crippen LogP) is -0.122. The summed E-state index contributed by atoms with van der Waals surface area (Å²) in [4.78, 5) is 20.1. The van der Waals surface area contributed by atoms with Crippen LogP contribution in [0.5, 0.6) is 0 Å². The molecular formula is C10H16N6O3.